The van der Waals surface area contributed by atoms with E-state index >= 15 is 0 Å². The lowest BCUT2D eigenvalue weighted by Gasteiger charge is -2.22. The number of nitrogens with zero attached hydrogens (tertiary/aromatic N) is 1. The van der Waals surface area contributed by atoms with Crippen LogP contribution in [0.3, 0.4) is 0 Å². The van der Waals surface area contributed by atoms with Gasteiger partial charge in [0.05, 0.1) is 6.07 Å². The van der Waals surface area contributed by atoms with Crippen LogP contribution in [0.2, 0.25) is 0 Å². The van der Waals surface area contributed by atoms with E-state index in [-0.39, 0.29) is 5.54 Å². The SMILES string of the molecule is COCCCSCCC(C)(C#N)NC1CC1. The highest BCUT2D eigenvalue weighted by molar-refractivity contribution is 7.99. The molecule has 0 aliphatic heterocycles. The third-order valence-corrected chi connectivity index (χ3v) is 3.80. The monoisotopic (exact) mass is 242 g/mol. The van der Waals surface area contributed by atoms with Gasteiger partial charge in [-0.3, -0.25) is 5.32 Å². The molecule has 92 valence electrons. The van der Waals surface area contributed by atoms with Crippen LogP contribution in [0, 0.1) is 11.3 Å². The molecule has 1 aliphatic carbocycles. The van der Waals surface area contributed by atoms with Crippen molar-refractivity contribution in [3.63, 3.8) is 0 Å². The Labute approximate surface area is 103 Å². The fourth-order valence-corrected chi connectivity index (χ4v) is 2.60. The summed E-state index contributed by atoms with van der Waals surface area (Å²) in [6.45, 7) is 2.85. The number of hydrogen-bond donors (Lipinski definition) is 1. The number of methoxy groups -OCH3 is 1. The van der Waals surface area contributed by atoms with Crippen LogP contribution in [0.4, 0.5) is 0 Å². The fourth-order valence-electron chi connectivity index (χ4n) is 1.52. The summed E-state index contributed by atoms with van der Waals surface area (Å²) in [6.07, 6.45) is 4.49. The minimum absolute atomic E-state index is 0.324. The highest BCUT2D eigenvalue weighted by Gasteiger charge is 2.31. The highest BCUT2D eigenvalue weighted by atomic mass is 32.2. The second-order valence-electron chi connectivity index (χ2n) is 4.57. The van der Waals surface area contributed by atoms with Crippen molar-refractivity contribution in [2.45, 2.75) is 44.2 Å². The van der Waals surface area contributed by atoms with Crippen LogP contribution in [0.25, 0.3) is 0 Å². The summed E-state index contributed by atoms with van der Waals surface area (Å²) in [4.78, 5) is 0. The normalized spacial score (nSPS) is 19.1. The molecule has 16 heavy (non-hydrogen) atoms. The number of thioether (sulfide) groups is 1. The zero-order chi connectivity index (χ0) is 11.9. The first-order valence-corrected chi connectivity index (χ1v) is 7.11. The third kappa shape index (κ3) is 5.74. The maximum absolute atomic E-state index is 9.16. The van der Waals surface area contributed by atoms with E-state index in [1.54, 1.807) is 7.11 Å². The Morgan fingerprint density at radius 2 is 2.25 bits per heavy atom. The summed E-state index contributed by atoms with van der Waals surface area (Å²) in [5, 5.41) is 12.6. The molecule has 0 radical (unpaired) electrons. The van der Waals surface area contributed by atoms with Crippen LogP contribution in [-0.2, 0) is 4.74 Å². The Bertz CT molecular complexity index is 238. The van der Waals surface area contributed by atoms with Crippen molar-refractivity contribution in [1.29, 1.82) is 5.26 Å². The van der Waals surface area contributed by atoms with Crippen molar-refractivity contribution < 1.29 is 4.74 Å². The lowest BCUT2D eigenvalue weighted by Crippen LogP contribution is -2.42. The van der Waals surface area contributed by atoms with Gasteiger partial charge >= 0.3 is 0 Å². The minimum atomic E-state index is -0.324. The molecule has 1 unspecified atom stereocenters. The zero-order valence-corrected chi connectivity index (χ0v) is 11.1. The Kier molecular flexibility index (Phi) is 6.18. The first-order valence-electron chi connectivity index (χ1n) is 5.96. The fraction of sp³-hybridized carbons (Fsp3) is 0.917. The van der Waals surface area contributed by atoms with Crippen LogP contribution in [0.1, 0.15) is 32.6 Å². The lowest BCUT2D eigenvalue weighted by molar-refractivity contribution is 0.200. The molecule has 1 N–H and O–H groups in total. The van der Waals surface area contributed by atoms with Crippen LogP contribution in [0.15, 0.2) is 0 Å². The highest BCUT2D eigenvalue weighted by Crippen LogP contribution is 2.24. The molecular weight excluding hydrogens is 220 g/mol. The second kappa shape index (κ2) is 7.16. The van der Waals surface area contributed by atoms with Crippen molar-refractivity contribution >= 4 is 11.8 Å². The number of ether oxygens (including phenoxy) is 1. The van der Waals surface area contributed by atoms with Crippen molar-refractivity contribution in [1.82, 2.24) is 5.32 Å². The molecule has 1 aliphatic rings. The lowest BCUT2D eigenvalue weighted by atomic mass is 10.0. The van der Waals surface area contributed by atoms with Gasteiger partial charge in [-0.1, -0.05) is 0 Å². The average Bonchev–Trinajstić information content (AvgIpc) is 3.07. The van der Waals surface area contributed by atoms with Gasteiger partial charge in [0.2, 0.25) is 0 Å². The molecule has 0 heterocycles. The molecule has 0 saturated heterocycles. The van der Waals surface area contributed by atoms with Gasteiger partial charge in [0.1, 0.15) is 5.54 Å². The van der Waals surface area contributed by atoms with E-state index in [9.17, 15) is 0 Å². The minimum Gasteiger partial charge on any atom is -0.385 e. The Morgan fingerprint density at radius 1 is 1.50 bits per heavy atom. The molecule has 0 aromatic heterocycles. The standard InChI is InChI=1S/C12H22N2OS/c1-12(10-13,14-11-4-5-11)6-9-16-8-3-7-15-2/h11,14H,3-9H2,1-2H3. The van der Waals surface area contributed by atoms with Gasteiger partial charge in [-0.25, -0.2) is 0 Å². The van der Waals surface area contributed by atoms with Crippen LogP contribution >= 0.6 is 11.8 Å². The summed E-state index contributed by atoms with van der Waals surface area (Å²) >= 11 is 1.91. The van der Waals surface area contributed by atoms with E-state index < -0.39 is 0 Å². The second-order valence-corrected chi connectivity index (χ2v) is 5.80. The Morgan fingerprint density at radius 3 is 2.81 bits per heavy atom. The predicted octanol–water partition coefficient (Wildman–Crippen LogP) is 2.18. The van der Waals surface area contributed by atoms with Gasteiger partial charge in [0, 0.05) is 19.8 Å². The molecular formula is C12H22N2OS. The summed E-state index contributed by atoms with van der Waals surface area (Å²) in [5.74, 6) is 2.17. The maximum atomic E-state index is 9.16. The van der Waals surface area contributed by atoms with Gasteiger partial charge in [-0.15, -0.1) is 0 Å². The molecule has 0 amide bonds. The molecule has 1 atom stereocenters. The van der Waals surface area contributed by atoms with Crippen molar-refractivity contribution in [2.75, 3.05) is 25.2 Å². The molecule has 1 rings (SSSR count). The number of hydrogen-bond acceptors (Lipinski definition) is 4. The van der Waals surface area contributed by atoms with Crippen LogP contribution in [0.5, 0.6) is 0 Å². The Hall–Kier alpha value is -0.240. The zero-order valence-electron chi connectivity index (χ0n) is 10.3. The largest absolute Gasteiger partial charge is 0.385 e. The molecule has 0 bridgehead atoms. The topological polar surface area (TPSA) is 45.0 Å². The van der Waals surface area contributed by atoms with Gasteiger partial charge in [0.15, 0.2) is 0 Å². The first kappa shape index (κ1) is 13.8. The number of rotatable bonds is 9. The van der Waals surface area contributed by atoms with E-state index in [1.807, 2.05) is 18.7 Å². The smallest absolute Gasteiger partial charge is 0.104 e. The van der Waals surface area contributed by atoms with Crippen molar-refractivity contribution in [3.8, 4) is 6.07 Å². The van der Waals surface area contributed by atoms with Crippen molar-refractivity contribution in [2.24, 2.45) is 0 Å². The van der Waals surface area contributed by atoms with Gasteiger partial charge < -0.3 is 4.74 Å². The molecule has 1 saturated carbocycles. The van der Waals surface area contributed by atoms with Crippen molar-refractivity contribution in [3.05, 3.63) is 0 Å². The molecule has 0 aromatic rings. The predicted molar refractivity (Wildman–Crippen MR) is 68.6 cm³/mol. The number of nitrogens with one attached hydrogen (secondary N) is 1. The molecule has 0 spiro atoms. The summed E-state index contributed by atoms with van der Waals surface area (Å²) in [6, 6.07) is 3.00. The van der Waals surface area contributed by atoms with E-state index in [0.717, 1.165) is 31.0 Å². The van der Waals surface area contributed by atoms with E-state index in [2.05, 4.69) is 11.4 Å². The quantitative estimate of drug-likeness (QED) is 0.629. The average molecular weight is 242 g/mol. The molecule has 3 nitrogen and oxygen atoms in total. The van der Waals surface area contributed by atoms with Crippen LogP contribution < -0.4 is 5.32 Å². The van der Waals surface area contributed by atoms with Gasteiger partial charge in [0.25, 0.3) is 0 Å². The van der Waals surface area contributed by atoms with E-state index in [0.29, 0.717) is 6.04 Å². The third-order valence-electron chi connectivity index (χ3n) is 2.73. The summed E-state index contributed by atoms with van der Waals surface area (Å²) < 4.78 is 4.99. The summed E-state index contributed by atoms with van der Waals surface area (Å²) in [7, 11) is 1.73. The van der Waals surface area contributed by atoms with E-state index in [4.69, 9.17) is 10.00 Å². The van der Waals surface area contributed by atoms with Crippen LogP contribution in [-0.4, -0.2) is 36.8 Å². The van der Waals surface area contributed by atoms with Gasteiger partial charge in [-0.2, -0.15) is 17.0 Å². The molecule has 4 heteroatoms. The van der Waals surface area contributed by atoms with Gasteiger partial charge in [-0.05, 0) is 44.1 Å². The maximum Gasteiger partial charge on any atom is 0.104 e. The van der Waals surface area contributed by atoms with E-state index in [1.165, 1.54) is 12.8 Å². The number of nitriles is 1. The first-order chi connectivity index (χ1) is 7.70. The Balaban J connectivity index is 2.06. The summed E-state index contributed by atoms with van der Waals surface area (Å²) in [5.41, 5.74) is -0.324. The molecule has 1 fully saturated rings. The molecule has 0 aromatic carbocycles.